The molecule has 0 N–H and O–H groups in total. The van der Waals surface area contributed by atoms with E-state index in [2.05, 4.69) is 15.9 Å². The van der Waals surface area contributed by atoms with Gasteiger partial charge >= 0.3 is 6.09 Å². The molecule has 1 fully saturated rings. The van der Waals surface area contributed by atoms with Crippen LogP contribution >= 0.6 is 15.9 Å². The van der Waals surface area contributed by atoms with Gasteiger partial charge < -0.3 is 9.30 Å². The van der Waals surface area contributed by atoms with Crippen LogP contribution in [0, 0.1) is 0 Å². The summed E-state index contributed by atoms with van der Waals surface area (Å²) in [5, 5.41) is 0. The number of ether oxygens (including phenoxy) is 1. The van der Waals surface area contributed by atoms with Crippen LogP contribution in [0.5, 0.6) is 0 Å². The van der Waals surface area contributed by atoms with Crippen molar-refractivity contribution in [3.05, 3.63) is 22.4 Å². The summed E-state index contributed by atoms with van der Waals surface area (Å²) in [6.07, 6.45) is -0.220. The molecule has 0 unspecified atom stereocenters. The van der Waals surface area contributed by atoms with E-state index in [1.165, 1.54) is 0 Å². The van der Waals surface area contributed by atoms with E-state index in [0.29, 0.717) is 19.7 Å². The van der Waals surface area contributed by atoms with Crippen LogP contribution in [0.2, 0.25) is 0 Å². The Morgan fingerprint density at radius 2 is 2.36 bits per heavy atom. The second-order valence-electron chi connectivity index (χ2n) is 3.24. The molecular formula is C9H11BrN2O2. The third-order valence-electron chi connectivity index (χ3n) is 2.36. The van der Waals surface area contributed by atoms with Crippen molar-refractivity contribution in [2.75, 3.05) is 13.2 Å². The van der Waals surface area contributed by atoms with E-state index in [9.17, 15) is 4.79 Å². The Morgan fingerprint density at radius 3 is 2.86 bits per heavy atom. The summed E-state index contributed by atoms with van der Waals surface area (Å²) in [4.78, 5) is 12.9. The first-order valence-corrected chi connectivity index (χ1v) is 5.19. The van der Waals surface area contributed by atoms with E-state index in [1.807, 2.05) is 23.7 Å². The quantitative estimate of drug-likeness (QED) is 0.810. The molecule has 4 nitrogen and oxygen atoms in total. The molecule has 14 heavy (non-hydrogen) atoms. The minimum atomic E-state index is -0.220. The molecule has 0 bridgehead atoms. The molecule has 1 aliphatic rings. The van der Waals surface area contributed by atoms with Crippen LogP contribution in [0.1, 0.15) is 5.69 Å². The molecular weight excluding hydrogens is 248 g/mol. The first-order chi connectivity index (χ1) is 6.68. The number of hydrogen-bond donors (Lipinski definition) is 0. The first-order valence-electron chi connectivity index (χ1n) is 4.40. The average molecular weight is 259 g/mol. The van der Waals surface area contributed by atoms with Gasteiger partial charge in [0.05, 0.1) is 17.7 Å². The highest BCUT2D eigenvalue weighted by atomic mass is 79.9. The molecule has 0 aliphatic carbocycles. The largest absolute Gasteiger partial charge is 0.448 e. The topological polar surface area (TPSA) is 34.5 Å². The lowest BCUT2D eigenvalue weighted by Crippen LogP contribution is -2.24. The van der Waals surface area contributed by atoms with Crippen molar-refractivity contribution in [1.82, 2.24) is 9.47 Å². The smallest absolute Gasteiger partial charge is 0.410 e. The molecule has 5 heteroatoms. The number of halogens is 1. The number of carbonyl (C=O) groups excluding carboxylic acids is 1. The summed E-state index contributed by atoms with van der Waals surface area (Å²) >= 11 is 3.41. The first kappa shape index (κ1) is 9.58. The fourth-order valence-corrected chi connectivity index (χ4v) is 1.81. The van der Waals surface area contributed by atoms with Gasteiger partial charge in [0.1, 0.15) is 6.61 Å². The predicted molar refractivity (Wildman–Crippen MR) is 54.9 cm³/mol. The summed E-state index contributed by atoms with van der Waals surface area (Å²) in [6.45, 7) is 1.80. The number of cyclic esters (lactones) is 1. The molecule has 2 heterocycles. The highest BCUT2D eigenvalue weighted by Gasteiger charge is 2.22. The van der Waals surface area contributed by atoms with Crippen LogP contribution in [-0.2, 0) is 18.3 Å². The van der Waals surface area contributed by atoms with E-state index in [-0.39, 0.29) is 6.09 Å². The van der Waals surface area contributed by atoms with Crippen molar-refractivity contribution in [3.8, 4) is 0 Å². The van der Waals surface area contributed by atoms with Crippen molar-refractivity contribution in [2.45, 2.75) is 6.54 Å². The van der Waals surface area contributed by atoms with Crippen molar-refractivity contribution in [3.63, 3.8) is 0 Å². The third-order valence-corrected chi connectivity index (χ3v) is 3.16. The monoisotopic (exact) mass is 258 g/mol. The molecule has 1 aliphatic heterocycles. The molecule has 0 atom stereocenters. The van der Waals surface area contributed by atoms with Gasteiger partial charge in [0.15, 0.2) is 0 Å². The Morgan fingerprint density at radius 1 is 1.57 bits per heavy atom. The lowest BCUT2D eigenvalue weighted by Gasteiger charge is -2.13. The van der Waals surface area contributed by atoms with E-state index in [1.54, 1.807) is 4.90 Å². The Kier molecular flexibility index (Phi) is 2.50. The average Bonchev–Trinajstić information content (AvgIpc) is 2.68. The van der Waals surface area contributed by atoms with Crippen LogP contribution in [0.3, 0.4) is 0 Å². The van der Waals surface area contributed by atoms with Crippen molar-refractivity contribution in [1.29, 1.82) is 0 Å². The minimum Gasteiger partial charge on any atom is -0.448 e. The van der Waals surface area contributed by atoms with Gasteiger partial charge in [-0.1, -0.05) is 0 Å². The van der Waals surface area contributed by atoms with Gasteiger partial charge in [-0.15, -0.1) is 0 Å². The molecule has 1 aromatic rings. The van der Waals surface area contributed by atoms with Gasteiger partial charge in [-0.05, 0) is 28.1 Å². The second kappa shape index (κ2) is 3.65. The van der Waals surface area contributed by atoms with Crippen LogP contribution in [0.4, 0.5) is 4.79 Å². The zero-order chi connectivity index (χ0) is 10.1. The summed E-state index contributed by atoms with van der Waals surface area (Å²) in [7, 11) is 1.96. The van der Waals surface area contributed by atoms with Gasteiger partial charge in [-0.2, -0.15) is 0 Å². The normalized spacial score (nSPS) is 16.1. The van der Waals surface area contributed by atoms with Gasteiger partial charge in [-0.3, -0.25) is 4.90 Å². The van der Waals surface area contributed by atoms with Gasteiger partial charge in [0, 0.05) is 12.7 Å². The summed E-state index contributed by atoms with van der Waals surface area (Å²) < 4.78 is 7.87. The number of carbonyl (C=O) groups is 1. The third kappa shape index (κ3) is 1.64. The van der Waals surface area contributed by atoms with Crippen LogP contribution in [-0.4, -0.2) is 28.7 Å². The highest BCUT2D eigenvalue weighted by molar-refractivity contribution is 9.10. The lowest BCUT2D eigenvalue weighted by molar-refractivity contribution is 0.156. The van der Waals surface area contributed by atoms with Crippen molar-refractivity contribution < 1.29 is 9.53 Å². The van der Waals surface area contributed by atoms with Gasteiger partial charge in [-0.25, -0.2) is 4.79 Å². The minimum absolute atomic E-state index is 0.220. The van der Waals surface area contributed by atoms with E-state index in [0.717, 1.165) is 10.3 Å². The molecule has 1 saturated heterocycles. The fraction of sp³-hybridized carbons (Fsp3) is 0.444. The maximum Gasteiger partial charge on any atom is 0.410 e. The SMILES string of the molecule is Cn1c(Br)ccc1CN1CCOC1=O. The fourth-order valence-electron chi connectivity index (χ4n) is 1.45. The van der Waals surface area contributed by atoms with Crippen molar-refractivity contribution in [2.24, 2.45) is 7.05 Å². The Balaban J connectivity index is 2.10. The van der Waals surface area contributed by atoms with E-state index in [4.69, 9.17) is 4.74 Å². The molecule has 0 saturated carbocycles. The molecule has 2 rings (SSSR count). The molecule has 0 spiro atoms. The Bertz CT molecular complexity index is 362. The lowest BCUT2D eigenvalue weighted by atomic mass is 10.4. The van der Waals surface area contributed by atoms with Gasteiger partial charge in [0.2, 0.25) is 0 Å². The summed E-state index contributed by atoms with van der Waals surface area (Å²) in [6, 6.07) is 3.96. The number of nitrogens with zero attached hydrogens (tertiary/aromatic N) is 2. The predicted octanol–water partition coefficient (Wildman–Crippen LogP) is 1.74. The standard InChI is InChI=1S/C9H11BrN2O2/c1-11-7(2-3-8(11)10)6-12-4-5-14-9(12)13/h2-3H,4-6H2,1H3. The summed E-state index contributed by atoms with van der Waals surface area (Å²) in [5.41, 5.74) is 1.09. The molecule has 76 valence electrons. The second-order valence-corrected chi connectivity index (χ2v) is 4.05. The molecule has 1 aromatic heterocycles. The Labute approximate surface area is 90.6 Å². The maximum absolute atomic E-state index is 11.2. The van der Waals surface area contributed by atoms with Gasteiger partial charge in [0.25, 0.3) is 0 Å². The highest BCUT2D eigenvalue weighted by Crippen LogP contribution is 2.16. The van der Waals surface area contributed by atoms with E-state index < -0.39 is 0 Å². The van der Waals surface area contributed by atoms with Crippen LogP contribution in [0.15, 0.2) is 16.7 Å². The maximum atomic E-state index is 11.2. The molecule has 1 amide bonds. The zero-order valence-electron chi connectivity index (χ0n) is 7.86. The number of rotatable bonds is 2. The number of amides is 1. The van der Waals surface area contributed by atoms with Crippen LogP contribution < -0.4 is 0 Å². The van der Waals surface area contributed by atoms with E-state index >= 15 is 0 Å². The number of hydrogen-bond acceptors (Lipinski definition) is 2. The summed E-state index contributed by atoms with van der Waals surface area (Å²) in [5.74, 6) is 0. The van der Waals surface area contributed by atoms with Crippen LogP contribution in [0.25, 0.3) is 0 Å². The Hall–Kier alpha value is -0.970. The van der Waals surface area contributed by atoms with Crippen molar-refractivity contribution >= 4 is 22.0 Å². The molecule has 0 aromatic carbocycles. The molecule has 0 radical (unpaired) electrons. The zero-order valence-corrected chi connectivity index (χ0v) is 9.45. The number of aromatic nitrogens is 1.